The fraction of sp³-hybridized carbons (Fsp3) is 0.333. The maximum absolute atomic E-state index is 6.35. The van der Waals surface area contributed by atoms with Crippen molar-refractivity contribution in [1.82, 2.24) is 5.32 Å². The molecule has 2 aromatic carbocycles. The number of benzene rings is 2. The fourth-order valence-electron chi connectivity index (χ4n) is 2.94. The van der Waals surface area contributed by atoms with Gasteiger partial charge in [-0.05, 0) is 35.7 Å². The van der Waals surface area contributed by atoms with Crippen LogP contribution in [0.5, 0.6) is 0 Å². The first-order chi connectivity index (χ1) is 10.7. The minimum Gasteiger partial charge on any atom is -0.375 e. The summed E-state index contributed by atoms with van der Waals surface area (Å²) in [4.78, 5) is 0. The van der Waals surface area contributed by atoms with Crippen molar-refractivity contribution in [2.24, 2.45) is 0 Å². The number of ether oxygens (including phenoxy) is 1. The van der Waals surface area contributed by atoms with Crippen LogP contribution in [0.15, 0.2) is 48.5 Å². The number of morpholine rings is 1. The van der Waals surface area contributed by atoms with Crippen LogP contribution in [0.2, 0.25) is 10.0 Å². The van der Waals surface area contributed by atoms with Gasteiger partial charge in [-0.15, -0.1) is 0 Å². The molecule has 2 nitrogen and oxygen atoms in total. The molecule has 2 atom stereocenters. The zero-order chi connectivity index (χ0) is 15.4. The Balaban J connectivity index is 1.89. The first-order valence-corrected chi connectivity index (χ1v) is 8.31. The molecule has 1 saturated heterocycles. The molecule has 3 rings (SSSR count). The number of hydrogen-bond acceptors (Lipinski definition) is 2. The Labute approximate surface area is 141 Å². The minimum absolute atomic E-state index is 0.145. The maximum atomic E-state index is 6.35. The van der Waals surface area contributed by atoms with E-state index in [-0.39, 0.29) is 12.0 Å². The van der Waals surface area contributed by atoms with Gasteiger partial charge in [0.2, 0.25) is 0 Å². The Morgan fingerprint density at radius 3 is 2.68 bits per heavy atom. The van der Waals surface area contributed by atoms with Crippen LogP contribution >= 0.6 is 23.2 Å². The molecule has 22 heavy (non-hydrogen) atoms. The maximum Gasteiger partial charge on any atom is 0.0771 e. The summed E-state index contributed by atoms with van der Waals surface area (Å²) in [6.45, 7) is 2.52. The minimum atomic E-state index is 0.145. The van der Waals surface area contributed by atoms with E-state index in [4.69, 9.17) is 27.9 Å². The Morgan fingerprint density at radius 1 is 1.14 bits per heavy atom. The molecule has 0 spiro atoms. The number of hydrogen-bond donors (Lipinski definition) is 1. The van der Waals surface area contributed by atoms with Crippen molar-refractivity contribution in [3.8, 4) is 0 Å². The average molecular weight is 336 g/mol. The van der Waals surface area contributed by atoms with Gasteiger partial charge in [-0.25, -0.2) is 0 Å². The Hall–Kier alpha value is -1.06. The van der Waals surface area contributed by atoms with Gasteiger partial charge in [0.15, 0.2) is 0 Å². The van der Waals surface area contributed by atoms with Crippen molar-refractivity contribution < 1.29 is 4.74 Å². The molecular weight excluding hydrogens is 317 g/mol. The molecular formula is C18H19Cl2NO. The fourth-order valence-corrected chi connectivity index (χ4v) is 3.33. The summed E-state index contributed by atoms with van der Waals surface area (Å²) in [5, 5.41) is 4.89. The predicted octanol–water partition coefficient (Wildman–Crippen LogP) is 4.31. The van der Waals surface area contributed by atoms with Crippen molar-refractivity contribution in [1.29, 1.82) is 0 Å². The summed E-state index contributed by atoms with van der Waals surface area (Å²) in [6, 6.07) is 16.1. The van der Waals surface area contributed by atoms with Crippen molar-refractivity contribution >= 4 is 23.2 Å². The molecule has 1 aliphatic rings. The average Bonchev–Trinajstić information content (AvgIpc) is 2.57. The van der Waals surface area contributed by atoms with Gasteiger partial charge in [0.1, 0.15) is 0 Å². The first kappa shape index (κ1) is 15.8. The quantitative estimate of drug-likeness (QED) is 0.898. The van der Waals surface area contributed by atoms with E-state index in [2.05, 4.69) is 29.6 Å². The largest absolute Gasteiger partial charge is 0.375 e. The number of rotatable bonds is 4. The van der Waals surface area contributed by atoms with Crippen molar-refractivity contribution in [2.75, 3.05) is 19.7 Å². The molecule has 1 heterocycles. The molecule has 2 aromatic rings. The van der Waals surface area contributed by atoms with Gasteiger partial charge in [0.05, 0.1) is 12.7 Å². The lowest BCUT2D eigenvalue weighted by molar-refractivity contribution is 0.0110. The molecule has 0 bridgehead atoms. The zero-order valence-corrected chi connectivity index (χ0v) is 13.8. The van der Waals surface area contributed by atoms with E-state index in [0.717, 1.165) is 36.7 Å². The van der Waals surface area contributed by atoms with E-state index in [0.29, 0.717) is 5.02 Å². The lowest BCUT2D eigenvalue weighted by atomic mass is 9.86. The summed E-state index contributed by atoms with van der Waals surface area (Å²) < 4.78 is 6.00. The number of nitrogens with one attached hydrogen (secondary N) is 1. The van der Waals surface area contributed by atoms with Crippen LogP contribution in [-0.2, 0) is 11.2 Å². The van der Waals surface area contributed by atoms with Gasteiger partial charge >= 0.3 is 0 Å². The molecule has 1 N–H and O–H groups in total. The SMILES string of the molecule is Clc1ccc(Cl)c(CC(c2ccccc2)C2CNCCO2)c1. The molecule has 116 valence electrons. The van der Waals surface area contributed by atoms with E-state index in [1.807, 2.05) is 24.3 Å². The highest BCUT2D eigenvalue weighted by Crippen LogP contribution is 2.31. The van der Waals surface area contributed by atoms with E-state index in [1.54, 1.807) is 0 Å². The van der Waals surface area contributed by atoms with Crippen LogP contribution in [0, 0.1) is 0 Å². The van der Waals surface area contributed by atoms with E-state index < -0.39 is 0 Å². The standard InChI is InChI=1S/C18H19Cl2NO/c19-15-6-7-17(20)14(10-15)11-16(13-4-2-1-3-5-13)18-12-21-8-9-22-18/h1-7,10,16,18,21H,8-9,11-12H2. The zero-order valence-electron chi connectivity index (χ0n) is 12.3. The highest BCUT2D eigenvalue weighted by molar-refractivity contribution is 6.33. The lowest BCUT2D eigenvalue weighted by Gasteiger charge is -2.31. The van der Waals surface area contributed by atoms with E-state index in [9.17, 15) is 0 Å². The highest BCUT2D eigenvalue weighted by atomic mass is 35.5. The van der Waals surface area contributed by atoms with Gasteiger partial charge in [-0.3, -0.25) is 0 Å². The highest BCUT2D eigenvalue weighted by Gasteiger charge is 2.26. The van der Waals surface area contributed by atoms with Gasteiger partial charge in [0.25, 0.3) is 0 Å². The van der Waals surface area contributed by atoms with E-state index in [1.165, 1.54) is 5.56 Å². The lowest BCUT2D eigenvalue weighted by Crippen LogP contribution is -2.42. The Bertz CT molecular complexity index is 612. The van der Waals surface area contributed by atoms with Crippen LogP contribution in [-0.4, -0.2) is 25.8 Å². The smallest absolute Gasteiger partial charge is 0.0771 e. The van der Waals surface area contributed by atoms with Crippen LogP contribution in [0.25, 0.3) is 0 Å². The third-order valence-corrected chi connectivity index (χ3v) is 4.68. The molecule has 0 aromatic heterocycles. The first-order valence-electron chi connectivity index (χ1n) is 7.55. The molecule has 4 heteroatoms. The monoisotopic (exact) mass is 335 g/mol. The van der Waals surface area contributed by atoms with E-state index >= 15 is 0 Å². The van der Waals surface area contributed by atoms with Crippen molar-refractivity contribution in [3.05, 3.63) is 69.7 Å². The predicted molar refractivity (Wildman–Crippen MR) is 92.0 cm³/mol. The molecule has 1 fully saturated rings. The second-order valence-corrected chi connectivity index (χ2v) is 6.41. The van der Waals surface area contributed by atoms with Crippen LogP contribution < -0.4 is 5.32 Å². The number of halogens is 2. The Morgan fingerprint density at radius 2 is 1.95 bits per heavy atom. The summed E-state index contributed by atoms with van der Waals surface area (Å²) in [5.74, 6) is 0.255. The topological polar surface area (TPSA) is 21.3 Å². The normalized spacial score (nSPS) is 19.8. The van der Waals surface area contributed by atoms with Crippen molar-refractivity contribution in [3.63, 3.8) is 0 Å². The van der Waals surface area contributed by atoms with Crippen LogP contribution in [0.1, 0.15) is 17.0 Å². The van der Waals surface area contributed by atoms with Crippen molar-refractivity contribution in [2.45, 2.75) is 18.4 Å². The summed E-state index contributed by atoms with van der Waals surface area (Å²) in [7, 11) is 0. The third kappa shape index (κ3) is 3.82. The van der Waals surface area contributed by atoms with Crippen LogP contribution in [0.3, 0.4) is 0 Å². The van der Waals surface area contributed by atoms with Crippen LogP contribution in [0.4, 0.5) is 0 Å². The van der Waals surface area contributed by atoms with Gasteiger partial charge in [-0.1, -0.05) is 53.5 Å². The van der Waals surface area contributed by atoms with Gasteiger partial charge < -0.3 is 10.1 Å². The summed E-state index contributed by atoms with van der Waals surface area (Å²) >= 11 is 12.5. The molecule has 2 unspecified atom stereocenters. The molecule has 0 aliphatic carbocycles. The second-order valence-electron chi connectivity index (χ2n) is 5.57. The summed E-state index contributed by atoms with van der Waals surface area (Å²) in [5.41, 5.74) is 2.34. The second kappa shape index (κ2) is 7.47. The Kier molecular flexibility index (Phi) is 5.37. The molecule has 0 amide bonds. The third-order valence-electron chi connectivity index (χ3n) is 4.08. The summed E-state index contributed by atoms with van der Waals surface area (Å²) in [6.07, 6.45) is 0.960. The molecule has 0 radical (unpaired) electrons. The van der Waals surface area contributed by atoms with Gasteiger partial charge in [-0.2, -0.15) is 0 Å². The van der Waals surface area contributed by atoms with Gasteiger partial charge in [0, 0.05) is 29.1 Å². The molecule has 1 aliphatic heterocycles. The molecule has 0 saturated carbocycles.